The van der Waals surface area contributed by atoms with Crippen molar-refractivity contribution >= 4 is 16.1 Å². The van der Waals surface area contributed by atoms with E-state index in [1.54, 1.807) is 0 Å². The van der Waals surface area contributed by atoms with Gasteiger partial charge in [-0.05, 0) is 19.8 Å². The Labute approximate surface area is 169 Å². The van der Waals surface area contributed by atoms with Crippen LogP contribution in [0.4, 0.5) is 26.3 Å². The van der Waals surface area contributed by atoms with Crippen molar-refractivity contribution in [1.29, 1.82) is 0 Å². The summed E-state index contributed by atoms with van der Waals surface area (Å²) < 4.78 is 112. The summed E-state index contributed by atoms with van der Waals surface area (Å²) in [7, 11) is -6.25. The number of hydrogen-bond donors (Lipinski definition) is 0. The van der Waals surface area contributed by atoms with Crippen molar-refractivity contribution in [3.63, 3.8) is 0 Å². The molecule has 0 saturated carbocycles. The number of hydrogen-bond acceptors (Lipinski definition) is 7. The monoisotopic (exact) mass is 471 g/mol. The molecule has 0 aliphatic heterocycles. The molecule has 0 heterocycles. The largest absolute Gasteiger partial charge is 0.742 e. The van der Waals surface area contributed by atoms with Crippen molar-refractivity contribution in [2.75, 3.05) is 13.2 Å². The fourth-order valence-corrected chi connectivity index (χ4v) is 2.57. The highest BCUT2D eigenvalue weighted by atomic mass is 32.2. The molecule has 0 bridgehead atoms. The molecule has 0 aromatic carbocycles. The third-order valence-corrected chi connectivity index (χ3v) is 4.06. The van der Waals surface area contributed by atoms with Gasteiger partial charge in [0, 0.05) is 5.57 Å². The van der Waals surface area contributed by atoms with Crippen LogP contribution in [0.2, 0.25) is 0 Å². The third-order valence-electron chi connectivity index (χ3n) is 3.34. The minimum atomic E-state index is -6.25. The third kappa shape index (κ3) is 11.4. The molecule has 0 atom stereocenters. The number of halogens is 6. The standard InChI is InChI=1S/C16H22F6O7S/c1-11(2)13(23)27-9-7-5-3-4-6-8-10-28-29-14(30(24,25)26)12(15(17,18)19)16(20,21)22/h1,3-10H2,2H3,(H,24,25,26)/p-1. The Balaban J connectivity index is 4.38. The van der Waals surface area contributed by atoms with Gasteiger partial charge >= 0.3 is 18.3 Å². The predicted molar refractivity (Wildman–Crippen MR) is 89.3 cm³/mol. The van der Waals surface area contributed by atoms with Crippen LogP contribution in [-0.2, 0) is 29.4 Å². The van der Waals surface area contributed by atoms with E-state index < -0.39 is 45.7 Å². The molecule has 0 aromatic rings. The molecule has 176 valence electrons. The number of ether oxygens (including phenoxy) is 1. The summed E-state index contributed by atoms with van der Waals surface area (Å²) in [5.41, 5.74) is -3.32. The zero-order valence-corrected chi connectivity index (χ0v) is 16.7. The fourth-order valence-electron chi connectivity index (χ4n) is 1.95. The van der Waals surface area contributed by atoms with Crippen LogP contribution in [0.15, 0.2) is 22.8 Å². The Morgan fingerprint density at radius 1 is 0.900 bits per heavy atom. The van der Waals surface area contributed by atoms with Crippen LogP contribution in [0.1, 0.15) is 45.4 Å². The van der Waals surface area contributed by atoms with Crippen molar-refractivity contribution in [2.45, 2.75) is 57.8 Å². The van der Waals surface area contributed by atoms with E-state index in [0.29, 0.717) is 32.1 Å². The molecule has 0 aliphatic rings. The average molecular weight is 471 g/mol. The lowest BCUT2D eigenvalue weighted by Gasteiger charge is -2.20. The molecule has 0 unspecified atom stereocenters. The summed E-state index contributed by atoms with van der Waals surface area (Å²) in [6, 6.07) is 0. The van der Waals surface area contributed by atoms with Gasteiger partial charge < -0.3 is 14.2 Å². The van der Waals surface area contributed by atoms with Crippen LogP contribution >= 0.6 is 0 Å². The molecular weight excluding hydrogens is 450 g/mol. The topological polar surface area (TPSA) is 102 Å². The second-order valence-corrected chi connectivity index (χ2v) is 7.33. The second kappa shape index (κ2) is 12.2. The van der Waals surface area contributed by atoms with Gasteiger partial charge in [-0.3, -0.25) is 0 Å². The molecular formula is C16H21F6O7S-. The lowest BCUT2D eigenvalue weighted by atomic mass is 10.1. The van der Waals surface area contributed by atoms with Gasteiger partial charge in [-0.1, -0.05) is 32.3 Å². The van der Waals surface area contributed by atoms with Crippen molar-refractivity contribution in [2.24, 2.45) is 0 Å². The molecule has 0 N–H and O–H groups in total. The first-order chi connectivity index (χ1) is 13.6. The Bertz CT molecular complexity index is 695. The average Bonchev–Trinajstić information content (AvgIpc) is 2.54. The lowest BCUT2D eigenvalue weighted by Crippen LogP contribution is -2.31. The van der Waals surface area contributed by atoms with Crippen molar-refractivity contribution in [3.05, 3.63) is 22.8 Å². The summed E-state index contributed by atoms with van der Waals surface area (Å²) in [6.07, 6.45) is -9.27. The van der Waals surface area contributed by atoms with E-state index in [4.69, 9.17) is 4.74 Å². The van der Waals surface area contributed by atoms with E-state index in [1.165, 1.54) is 6.92 Å². The van der Waals surface area contributed by atoms with Gasteiger partial charge in [0.1, 0.15) is 0 Å². The zero-order chi connectivity index (χ0) is 23.6. The normalized spacial score (nSPS) is 12.4. The molecule has 0 rings (SSSR count). The van der Waals surface area contributed by atoms with Gasteiger partial charge in [0.05, 0.1) is 13.2 Å². The minimum absolute atomic E-state index is 0.115. The Morgan fingerprint density at radius 3 is 1.73 bits per heavy atom. The van der Waals surface area contributed by atoms with Crippen LogP contribution in [0.3, 0.4) is 0 Å². The SMILES string of the molecule is C=C(C)C(=O)OCCCCCCCCOOC(=C(C(F)(F)F)C(F)(F)F)S(=O)(=O)[O-]. The van der Waals surface area contributed by atoms with Crippen LogP contribution in [0, 0.1) is 0 Å². The summed E-state index contributed by atoms with van der Waals surface area (Å²) in [6.45, 7) is 4.59. The quantitative estimate of drug-likeness (QED) is 0.0578. The van der Waals surface area contributed by atoms with Crippen molar-refractivity contribution < 1.29 is 58.6 Å². The van der Waals surface area contributed by atoms with E-state index in [0.717, 1.165) is 0 Å². The highest BCUT2D eigenvalue weighted by Gasteiger charge is 2.55. The molecule has 0 radical (unpaired) electrons. The molecule has 30 heavy (non-hydrogen) atoms. The first-order valence-corrected chi connectivity index (χ1v) is 9.96. The number of rotatable bonds is 13. The number of allylic oxidation sites excluding steroid dienone is 1. The van der Waals surface area contributed by atoms with E-state index in [9.17, 15) is 44.1 Å². The van der Waals surface area contributed by atoms with Crippen LogP contribution in [0.5, 0.6) is 0 Å². The van der Waals surface area contributed by atoms with Crippen LogP contribution in [0.25, 0.3) is 0 Å². The van der Waals surface area contributed by atoms with Crippen LogP contribution in [-0.4, -0.2) is 44.5 Å². The lowest BCUT2D eigenvalue weighted by molar-refractivity contribution is -0.263. The zero-order valence-electron chi connectivity index (χ0n) is 15.9. The number of unbranched alkanes of at least 4 members (excludes halogenated alkanes) is 5. The van der Waals surface area contributed by atoms with Crippen LogP contribution < -0.4 is 0 Å². The summed E-state index contributed by atoms with van der Waals surface area (Å²) in [5.74, 6) is -0.500. The summed E-state index contributed by atoms with van der Waals surface area (Å²) >= 11 is 0. The summed E-state index contributed by atoms with van der Waals surface area (Å²) in [5, 5.41) is -2.88. The van der Waals surface area contributed by atoms with Gasteiger partial charge in [-0.15, -0.1) is 0 Å². The fraction of sp³-hybridized carbons (Fsp3) is 0.688. The Kier molecular flexibility index (Phi) is 11.4. The maximum absolute atomic E-state index is 12.5. The number of alkyl halides is 6. The van der Waals surface area contributed by atoms with Gasteiger partial charge in [-0.2, -0.15) is 31.2 Å². The molecule has 0 fully saturated rings. The maximum atomic E-state index is 12.5. The van der Waals surface area contributed by atoms with E-state index >= 15 is 0 Å². The second-order valence-electron chi connectivity index (χ2n) is 6.05. The Morgan fingerprint density at radius 2 is 1.33 bits per heavy atom. The van der Waals surface area contributed by atoms with Gasteiger partial charge in [0.25, 0.3) is 5.09 Å². The van der Waals surface area contributed by atoms with Gasteiger partial charge in [0.15, 0.2) is 15.7 Å². The molecule has 0 saturated heterocycles. The highest BCUT2D eigenvalue weighted by Crippen LogP contribution is 2.42. The molecule has 7 nitrogen and oxygen atoms in total. The minimum Gasteiger partial charge on any atom is -0.742 e. The maximum Gasteiger partial charge on any atom is 0.425 e. The van der Waals surface area contributed by atoms with Crippen molar-refractivity contribution in [1.82, 2.24) is 0 Å². The molecule has 0 spiro atoms. The number of carbonyl (C=O) groups excluding carboxylic acids is 1. The Hall–Kier alpha value is -1.80. The van der Waals surface area contributed by atoms with E-state index in [-0.39, 0.29) is 18.6 Å². The number of carbonyl (C=O) groups is 1. The van der Waals surface area contributed by atoms with Gasteiger partial charge in [-0.25, -0.2) is 13.2 Å². The predicted octanol–water partition coefficient (Wildman–Crippen LogP) is 4.28. The highest BCUT2D eigenvalue weighted by molar-refractivity contribution is 7.89. The van der Waals surface area contributed by atoms with E-state index in [1.807, 2.05) is 0 Å². The summed E-state index contributed by atoms with van der Waals surface area (Å²) in [4.78, 5) is 18.8. The number of esters is 1. The molecule has 0 amide bonds. The smallest absolute Gasteiger partial charge is 0.425 e. The molecule has 14 heteroatoms. The first kappa shape index (κ1) is 28.2. The van der Waals surface area contributed by atoms with E-state index in [2.05, 4.69) is 16.4 Å². The molecule has 0 aliphatic carbocycles. The van der Waals surface area contributed by atoms with Crippen molar-refractivity contribution in [3.8, 4) is 0 Å². The molecule has 0 aromatic heterocycles. The first-order valence-electron chi connectivity index (χ1n) is 8.55. The van der Waals surface area contributed by atoms with Gasteiger partial charge in [0.2, 0.25) is 0 Å².